The summed E-state index contributed by atoms with van der Waals surface area (Å²) in [5.41, 5.74) is 5.83. The van der Waals surface area contributed by atoms with E-state index in [-0.39, 0.29) is 0 Å². The van der Waals surface area contributed by atoms with Crippen LogP contribution in [0.15, 0.2) is 59.7 Å². The Kier molecular flexibility index (Phi) is 5.44. The third-order valence-corrected chi connectivity index (χ3v) is 3.48. The number of aryl methyl sites for hydroxylation is 1. The molecule has 0 bridgehead atoms. The molecule has 22 heavy (non-hydrogen) atoms. The van der Waals surface area contributed by atoms with Crippen LogP contribution in [0.5, 0.6) is 0 Å². The van der Waals surface area contributed by atoms with Gasteiger partial charge < -0.3 is 5.11 Å². The molecule has 0 fully saturated rings. The number of aliphatic hydroxyl groups excluding tert-OH is 1. The molecule has 0 aliphatic rings. The van der Waals surface area contributed by atoms with E-state index >= 15 is 0 Å². The topological polar surface area (TPSA) is 61.7 Å². The summed E-state index contributed by atoms with van der Waals surface area (Å²) in [5, 5.41) is 14.0. The molecule has 0 aliphatic heterocycles. The molecule has 0 spiro atoms. The van der Waals surface area contributed by atoms with Crippen LogP contribution in [0.2, 0.25) is 0 Å². The van der Waals surface area contributed by atoms with Crippen molar-refractivity contribution in [3.05, 3.63) is 71.3 Å². The molecule has 0 aliphatic carbocycles. The molecular formula is C18H20N2O2. The van der Waals surface area contributed by atoms with Crippen molar-refractivity contribution in [3.8, 4) is 0 Å². The van der Waals surface area contributed by atoms with E-state index in [1.165, 1.54) is 5.56 Å². The summed E-state index contributed by atoms with van der Waals surface area (Å²) >= 11 is 0. The van der Waals surface area contributed by atoms with Crippen LogP contribution in [0.1, 0.15) is 36.6 Å². The first kappa shape index (κ1) is 15.9. The Morgan fingerprint density at radius 1 is 1.14 bits per heavy atom. The zero-order valence-corrected chi connectivity index (χ0v) is 12.8. The lowest BCUT2D eigenvalue weighted by Gasteiger charge is -2.09. The molecule has 2 N–H and O–H groups in total. The maximum Gasteiger partial charge on any atom is 0.273 e. The Labute approximate surface area is 130 Å². The van der Waals surface area contributed by atoms with E-state index in [0.717, 1.165) is 12.0 Å². The van der Waals surface area contributed by atoms with Crippen molar-refractivity contribution in [2.45, 2.75) is 26.4 Å². The third kappa shape index (κ3) is 4.02. The van der Waals surface area contributed by atoms with Crippen LogP contribution < -0.4 is 5.43 Å². The minimum atomic E-state index is -1.22. The molecule has 114 valence electrons. The van der Waals surface area contributed by atoms with Gasteiger partial charge in [-0.25, -0.2) is 5.43 Å². The maximum atomic E-state index is 11.9. The zero-order chi connectivity index (χ0) is 15.9. The molecule has 0 heterocycles. The SMILES string of the molecule is CCc1ccc(/C(C)=N\NC(=O)[C@@H](O)c2ccccc2)cc1. The van der Waals surface area contributed by atoms with E-state index < -0.39 is 12.0 Å². The van der Waals surface area contributed by atoms with Gasteiger partial charge >= 0.3 is 0 Å². The van der Waals surface area contributed by atoms with Gasteiger partial charge in [-0.05, 0) is 30.0 Å². The monoisotopic (exact) mass is 296 g/mol. The van der Waals surface area contributed by atoms with Gasteiger partial charge in [0.25, 0.3) is 5.91 Å². The van der Waals surface area contributed by atoms with Gasteiger partial charge in [-0.15, -0.1) is 0 Å². The number of benzene rings is 2. The van der Waals surface area contributed by atoms with E-state index in [9.17, 15) is 9.90 Å². The quantitative estimate of drug-likeness (QED) is 0.658. The average Bonchev–Trinajstić information content (AvgIpc) is 2.59. The van der Waals surface area contributed by atoms with Gasteiger partial charge in [-0.1, -0.05) is 61.5 Å². The van der Waals surface area contributed by atoms with E-state index in [4.69, 9.17) is 0 Å². The smallest absolute Gasteiger partial charge is 0.273 e. The van der Waals surface area contributed by atoms with Gasteiger partial charge in [0.2, 0.25) is 0 Å². The lowest BCUT2D eigenvalue weighted by molar-refractivity contribution is -0.129. The summed E-state index contributed by atoms with van der Waals surface area (Å²) in [4.78, 5) is 11.9. The van der Waals surface area contributed by atoms with Crippen molar-refractivity contribution >= 4 is 11.6 Å². The summed E-state index contributed by atoms with van der Waals surface area (Å²) in [7, 11) is 0. The number of nitrogens with one attached hydrogen (secondary N) is 1. The van der Waals surface area contributed by atoms with Crippen molar-refractivity contribution in [3.63, 3.8) is 0 Å². The number of carbonyl (C=O) groups is 1. The summed E-state index contributed by atoms with van der Waals surface area (Å²) in [6.45, 7) is 3.91. The lowest BCUT2D eigenvalue weighted by atomic mass is 10.1. The first-order valence-corrected chi connectivity index (χ1v) is 7.28. The highest BCUT2D eigenvalue weighted by Gasteiger charge is 2.16. The number of hydrogen-bond donors (Lipinski definition) is 2. The van der Waals surface area contributed by atoms with E-state index in [1.54, 1.807) is 24.3 Å². The molecule has 2 aromatic carbocycles. The molecule has 0 saturated heterocycles. The van der Waals surface area contributed by atoms with Crippen molar-refractivity contribution in [2.24, 2.45) is 5.10 Å². The van der Waals surface area contributed by atoms with Crippen LogP contribution in [-0.2, 0) is 11.2 Å². The first-order chi connectivity index (χ1) is 10.6. The van der Waals surface area contributed by atoms with Gasteiger partial charge in [0, 0.05) is 0 Å². The Balaban J connectivity index is 2.02. The van der Waals surface area contributed by atoms with Gasteiger partial charge in [0.15, 0.2) is 6.10 Å². The van der Waals surface area contributed by atoms with E-state index in [1.807, 2.05) is 37.3 Å². The number of aliphatic hydroxyl groups is 1. The van der Waals surface area contributed by atoms with Crippen LogP contribution in [0.3, 0.4) is 0 Å². The van der Waals surface area contributed by atoms with Gasteiger partial charge in [0.1, 0.15) is 0 Å². The van der Waals surface area contributed by atoms with E-state index in [0.29, 0.717) is 11.3 Å². The van der Waals surface area contributed by atoms with Gasteiger partial charge in [0.05, 0.1) is 5.71 Å². The molecule has 1 amide bonds. The zero-order valence-electron chi connectivity index (χ0n) is 12.8. The number of amides is 1. The molecule has 4 heteroatoms. The molecule has 0 unspecified atom stereocenters. The molecule has 4 nitrogen and oxygen atoms in total. The molecule has 1 atom stereocenters. The van der Waals surface area contributed by atoms with Crippen LogP contribution in [-0.4, -0.2) is 16.7 Å². The number of hydrogen-bond acceptors (Lipinski definition) is 3. The third-order valence-electron chi connectivity index (χ3n) is 3.48. The fourth-order valence-electron chi connectivity index (χ4n) is 2.03. The van der Waals surface area contributed by atoms with Crippen LogP contribution in [0.4, 0.5) is 0 Å². The number of carbonyl (C=O) groups excluding carboxylic acids is 1. The van der Waals surface area contributed by atoms with Crippen LogP contribution in [0.25, 0.3) is 0 Å². The highest BCUT2D eigenvalue weighted by molar-refractivity contribution is 5.99. The fourth-order valence-corrected chi connectivity index (χ4v) is 2.03. The predicted molar refractivity (Wildman–Crippen MR) is 87.6 cm³/mol. The van der Waals surface area contributed by atoms with Crippen molar-refractivity contribution in [1.82, 2.24) is 5.43 Å². The molecule has 2 aromatic rings. The summed E-state index contributed by atoms with van der Waals surface area (Å²) in [6.07, 6.45) is -0.239. The average molecular weight is 296 g/mol. The Morgan fingerprint density at radius 2 is 1.77 bits per heavy atom. The second-order valence-corrected chi connectivity index (χ2v) is 5.04. The Hall–Kier alpha value is -2.46. The minimum absolute atomic E-state index is 0.542. The Morgan fingerprint density at radius 3 is 2.36 bits per heavy atom. The highest BCUT2D eigenvalue weighted by Crippen LogP contribution is 2.12. The molecule has 0 radical (unpaired) electrons. The summed E-state index contributed by atoms with van der Waals surface area (Å²) in [6, 6.07) is 16.8. The largest absolute Gasteiger partial charge is 0.378 e. The number of hydrazone groups is 1. The fraction of sp³-hybridized carbons (Fsp3) is 0.222. The van der Waals surface area contributed by atoms with Crippen LogP contribution in [0, 0.1) is 0 Å². The normalized spacial score (nSPS) is 12.8. The summed E-state index contributed by atoms with van der Waals surface area (Å²) < 4.78 is 0. The van der Waals surface area contributed by atoms with Crippen LogP contribution >= 0.6 is 0 Å². The van der Waals surface area contributed by atoms with Crippen molar-refractivity contribution < 1.29 is 9.90 Å². The predicted octanol–water partition coefficient (Wildman–Crippen LogP) is 2.82. The number of rotatable bonds is 5. The van der Waals surface area contributed by atoms with Crippen molar-refractivity contribution in [2.75, 3.05) is 0 Å². The van der Waals surface area contributed by atoms with Gasteiger partial charge in [-0.3, -0.25) is 4.79 Å². The minimum Gasteiger partial charge on any atom is -0.378 e. The highest BCUT2D eigenvalue weighted by atomic mass is 16.3. The van der Waals surface area contributed by atoms with E-state index in [2.05, 4.69) is 17.5 Å². The lowest BCUT2D eigenvalue weighted by Crippen LogP contribution is -2.26. The summed E-state index contributed by atoms with van der Waals surface area (Å²) in [5.74, 6) is -0.546. The standard InChI is InChI=1S/C18H20N2O2/c1-3-14-9-11-15(12-10-14)13(2)19-20-18(22)17(21)16-7-5-4-6-8-16/h4-12,17,21H,3H2,1-2H3,(H,20,22)/b19-13-/t17-/m0/s1. The van der Waals surface area contributed by atoms with Gasteiger partial charge in [-0.2, -0.15) is 5.10 Å². The van der Waals surface area contributed by atoms with Crippen molar-refractivity contribution in [1.29, 1.82) is 0 Å². The first-order valence-electron chi connectivity index (χ1n) is 7.28. The molecule has 0 saturated carbocycles. The molecular weight excluding hydrogens is 276 g/mol. The number of nitrogens with zero attached hydrogens (tertiary/aromatic N) is 1. The Bertz CT molecular complexity index is 649. The molecule has 2 rings (SSSR count). The molecule has 0 aromatic heterocycles. The maximum absolute atomic E-state index is 11.9. The second kappa shape index (κ2) is 7.52. The second-order valence-electron chi connectivity index (χ2n) is 5.04.